The van der Waals surface area contributed by atoms with E-state index in [-0.39, 0.29) is 23.9 Å². The Labute approximate surface area is 169 Å². The van der Waals surface area contributed by atoms with E-state index in [9.17, 15) is 9.59 Å². The smallest absolute Gasteiger partial charge is 0.315 e. The minimum atomic E-state index is -0.362. The van der Waals surface area contributed by atoms with Gasteiger partial charge in [0.2, 0.25) is 5.78 Å². The highest BCUT2D eigenvalue weighted by Crippen LogP contribution is 2.39. The van der Waals surface area contributed by atoms with Crippen molar-refractivity contribution in [2.24, 2.45) is 0 Å². The molecule has 4 heteroatoms. The third kappa shape index (κ3) is 3.97. The van der Waals surface area contributed by atoms with Crippen LogP contribution in [0.2, 0.25) is 0 Å². The summed E-state index contributed by atoms with van der Waals surface area (Å²) in [5.74, 6) is 0.570. The number of fused-ring (bicyclic) bond motifs is 1. The average molecular weight is 384 g/mol. The van der Waals surface area contributed by atoms with Crippen LogP contribution in [0.3, 0.4) is 0 Å². The molecule has 0 N–H and O–H groups in total. The van der Waals surface area contributed by atoms with Crippen LogP contribution in [0.25, 0.3) is 6.08 Å². The first kappa shape index (κ1) is 18.7. The summed E-state index contributed by atoms with van der Waals surface area (Å²) in [7, 11) is 0. The Bertz CT molecular complexity index is 1130. The highest BCUT2D eigenvalue weighted by molar-refractivity contribution is 6.15. The van der Waals surface area contributed by atoms with Gasteiger partial charge in [0.05, 0.1) is 12.0 Å². The molecule has 0 atom stereocenters. The van der Waals surface area contributed by atoms with E-state index in [1.54, 1.807) is 25.1 Å². The molecule has 3 aromatic carbocycles. The number of hydrogen-bond donors (Lipinski definition) is 0. The maximum Gasteiger partial charge on any atom is 0.315 e. The summed E-state index contributed by atoms with van der Waals surface area (Å²) in [4.78, 5) is 25.0. The van der Waals surface area contributed by atoms with Gasteiger partial charge in [-0.25, -0.2) is 0 Å². The van der Waals surface area contributed by atoms with Crippen LogP contribution in [-0.2, 0) is 11.2 Å². The van der Waals surface area contributed by atoms with Gasteiger partial charge in [0, 0.05) is 5.56 Å². The fraction of sp³-hybridized carbons (Fsp3) is 0.120. The third-order valence-corrected chi connectivity index (χ3v) is 4.79. The molecule has 0 saturated carbocycles. The zero-order valence-electron chi connectivity index (χ0n) is 16.3. The number of carbonyl (C=O) groups is 2. The molecule has 0 radical (unpaired) electrons. The molecule has 0 aromatic heterocycles. The van der Waals surface area contributed by atoms with Crippen molar-refractivity contribution in [3.63, 3.8) is 0 Å². The molecule has 0 aliphatic carbocycles. The van der Waals surface area contributed by atoms with E-state index in [2.05, 4.69) is 0 Å². The largest absolute Gasteiger partial charge is 0.452 e. The first-order valence-corrected chi connectivity index (χ1v) is 9.40. The van der Waals surface area contributed by atoms with Gasteiger partial charge in [-0.3, -0.25) is 9.59 Å². The van der Waals surface area contributed by atoms with Gasteiger partial charge in [0.1, 0.15) is 11.5 Å². The van der Waals surface area contributed by atoms with E-state index in [1.165, 1.54) is 0 Å². The number of allylic oxidation sites excluding steroid dienone is 1. The van der Waals surface area contributed by atoms with Gasteiger partial charge >= 0.3 is 5.97 Å². The predicted molar refractivity (Wildman–Crippen MR) is 111 cm³/mol. The maximum absolute atomic E-state index is 12.7. The fourth-order valence-electron chi connectivity index (χ4n) is 3.31. The molecule has 3 aromatic rings. The Kier molecular flexibility index (Phi) is 5.00. The SMILES string of the molecule is Cc1cccc(/C=C2\Oc3c(ccc(OC(=O)Cc4ccccc4)c3C)C2=O)c1. The molecule has 0 bridgehead atoms. The van der Waals surface area contributed by atoms with Crippen LogP contribution >= 0.6 is 0 Å². The van der Waals surface area contributed by atoms with E-state index in [4.69, 9.17) is 9.47 Å². The lowest BCUT2D eigenvalue weighted by molar-refractivity contribution is -0.133. The first-order valence-electron chi connectivity index (χ1n) is 9.40. The van der Waals surface area contributed by atoms with E-state index in [0.29, 0.717) is 22.6 Å². The molecule has 1 aliphatic heterocycles. The Hall–Kier alpha value is -3.66. The summed E-state index contributed by atoms with van der Waals surface area (Å²) >= 11 is 0. The highest BCUT2D eigenvalue weighted by atomic mass is 16.5. The minimum absolute atomic E-state index is 0.174. The second-order valence-corrected chi connectivity index (χ2v) is 7.06. The topological polar surface area (TPSA) is 52.6 Å². The molecule has 144 valence electrons. The van der Waals surface area contributed by atoms with Crippen LogP contribution < -0.4 is 9.47 Å². The Balaban J connectivity index is 1.56. The third-order valence-electron chi connectivity index (χ3n) is 4.79. The standard InChI is InChI=1S/C25H20O4/c1-16-7-6-10-19(13-16)14-22-24(27)20-11-12-21(17(2)25(20)29-22)28-23(26)15-18-8-4-3-5-9-18/h3-14H,15H2,1-2H3/b22-14-. The van der Waals surface area contributed by atoms with Crippen molar-refractivity contribution >= 4 is 17.8 Å². The molecular formula is C25H20O4. The van der Waals surface area contributed by atoms with Gasteiger partial charge in [-0.2, -0.15) is 0 Å². The molecule has 0 amide bonds. The number of carbonyl (C=O) groups excluding carboxylic acids is 2. The van der Waals surface area contributed by atoms with Gasteiger partial charge in [-0.15, -0.1) is 0 Å². The van der Waals surface area contributed by atoms with E-state index in [1.807, 2.05) is 61.5 Å². The summed E-state index contributed by atoms with van der Waals surface area (Å²) in [6.45, 7) is 3.78. The van der Waals surface area contributed by atoms with Crippen molar-refractivity contribution in [1.29, 1.82) is 0 Å². The predicted octanol–water partition coefficient (Wildman–Crippen LogP) is 5.07. The lowest BCUT2D eigenvalue weighted by Crippen LogP contribution is -2.12. The Morgan fingerprint density at radius 2 is 1.79 bits per heavy atom. The number of Topliss-reactive ketones (excluding diaryl/α,β-unsaturated/α-hetero) is 1. The molecule has 0 unspecified atom stereocenters. The van der Waals surface area contributed by atoms with Crippen LogP contribution in [0, 0.1) is 13.8 Å². The van der Waals surface area contributed by atoms with Gasteiger partial charge < -0.3 is 9.47 Å². The minimum Gasteiger partial charge on any atom is -0.452 e. The number of benzene rings is 3. The monoisotopic (exact) mass is 384 g/mol. The summed E-state index contributed by atoms with van der Waals surface area (Å²) in [5, 5.41) is 0. The lowest BCUT2D eigenvalue weighted by atomic mass is 10.1. The quantitative estimate of drug-likeness (QED) is 0.358. The van der Waals surface area contributed by atoms with Crippen molar-refractivity contribution < 1.29 is 19.1 Å². The number of ether oxygens (including phenoxy) is 2. The van der Waals surface area contributed by atoms with Crippen LogP contribution in [0.5, 0.6) is 11.5 Å². The number of ketones is 1. The second-order valence-electron chi connectivity index (χ2n) is 7.06. The molecule has 0 fully saturated rings. The molecule has 0 spiro atoms. The molecule has 0 saturated heterocycles. The number of esters is 1. The first-order chi connectivity index (χ1) is 14.0. The van der Waals surface area contributed by atoms with Gasteiger partial charge in [0.15, 0.2) is 5.76 Å². The highest BCUT2D eigenvalue weighted by Gasteiger charge is 2.30. The van der Waals surface area contributed by atoms with Crippen LogP contribution in [0.1, 0.15) is 32.6 Å². The normalized spacial score (nSPS) is 13.9. The van der Waals surface area contributed by atoms with Gasteiger partial charge in [-0.1, -0.05) is 60.2 Å². The van der Waals surface area contributed by atoms with E-state index >= 15 is 0 Å². The van der Waals surface area contributed by atoms with Crippen molar-refractivity contribution in [3.05, 3.63) is 100 Å². The van der Waals surface area contributed by atoms with Crippen LogP contribution in [0.4, 0.5) is 0 Å². The zero-order chi connectivity index (χ0) is 20.4. The summed E-state index contributed by atoms with van der Waals surface area (Å²) in [6.07, 6.45) is 1.91. The Morgan fingerprint density at radius 3 is 2.55 bits per heavy atom. The molecule has 4 rings (SSSR count). The maximum atomic E-state index is 12.7. The number of rotatable bonds is 4. The number of hydrogen-bond acceptors (Lipinski definition) is 4. The summed E-state index contributed by atoms with van der Waals surface area (Å²) < 4.78 is 11.4. The molecule has 1 aliphatic rings. The Morgan fingerprint density at radius 1 is 1.00 bits per heavy atom. The zero-order valence-corrected chi connectivity index (χ0v) is 16.3. The fourth-order valence-corrected chi connectivity index (χ4v) is 3.31. The molecule has 4 nitrogen and oxygen atoms in total. The van der Waals surface area contributed by atoms with Crippen molar-refractivity contribution in [1.82, 2.24) is 0 Å². The van der Waals surface area contributed by atoms with Crippen LogP contribution in [0.15, 0.2) is 72.5 Å². The average Bonchev–Trinajstić information content (AvgIpc) is 3.01. The molecular weight excluding hydrogens is 364 g/mol. The molecule has 1 heterocycles. The van der Waals surface area contributed by atoms with Crippen LogP contribution in [-0.4, -0.2) is 11.8 Å². The lowest BCUT2D eigenvalue weighted by Gasteiger charge is -2.10. The van der Waals surface area contributed by atoms with Crippen molar-refractivity contribution in [2.45, 2.75) is 20.3 Å². The van der Waals surface area contributed by atoms with E-state index < -0.39 is 0 Å². The second kappa shape index (κ2) is 7.76. The molecule has 29 heavy (non-hydrogen) atoms. The van der Waals surface area contributed by atoms with E-state index in [0.717, 1.165) is 16.7 Å². The van der Waals surface area contributed by atoms with Gasteiger partial charge in [-0.05, 0) is 43.2 Å². The van der Waals surface area contributed by atoms with Crippen molar-refractivity contribution in [3.8, 4) is 11.5 Å². The summed E-state index contributed by atoms with van der Waals surface area (Å²) in [5.41, 5.74) is 3.99. The van der Waals surface area contributed by atoms with Gasteiger partial charge in [0.25, 0.3) is 0 Å². The number of aryl methyl sites for hydroxylation is 1. The van der Waals surface area contributed by atoms with Crippen molar-refractivity contribution in [2.75, 3.05) is 0 Å². The summed E-state index contributed by atoms with van der Waals surface area (Å²) in [6, 6.07) is 20.5.